The maximum absolute atomic E-state index is 12.4. The van der Waals surface area contributed by atoms with Crippen molar-refractivity contribution < 1.29 is 182 Å². The molecule has 8 N–H and O–H groups in total. The second kappa shape index (κ2) is 18.5. The molecule has 3 aromatic carbocycles. The molecule has 4 rings (SSSR count). The predicted octanol–water partition coefficient (Wildman–Crippen LogP) is -9.83. The molecule has 0 atom stereocenters. The van der Waals surface area contributed by atoms with Crippen LogP contribution in [-0.4, -0.2) is 45.5 Å². The summed E-state index contributed by atoms with van der Waals surface area (Å²) in [5, 5.41) is 19.2. The summed E-state index contributed by atoms with van der Waals surface area (Å²) in [5.74, 6) is -0.124. The fourth-order valence-corrected chi connectivity index (χ4v) is 3.20. The van der Waals surface area contributed by atoms with E-state index in [-0.39, 0.29) is 135 Å². The molecule has 190 valence electrons. The SMILES string of the molecule is O=C1OC(c2ccc(O)cc2)(c2ccc(O)cc2)c2ccccc21.O=P(O)(O)O.O=P(O)(O)O.[H-].[H-].[H-].[H-].[Na+].[Na+].[Na+].[Na+]. The average molecular weight is 610 g/mol. The van der Waals surface area contributed by atoms with Crippen molar-refractivity contribution in [3.63, 3.8) is 0 Å². The number of phenols is 2. The Morgan fingerprint density at radius 1 is 0.605 bits per heavy atom. The summed E-state index contributed by atoms with van der Waals surface area (Å²) in [6, 6.07) is 20.4. The van der Waals surface area contributed by atoms with Crippen LogP contribution in [0.1, 0.15) is 32.8 Å². The molecule has 0 aromatic heterocycles. The number of hydrogen-bond acceptors (Lipinski definition) is 6. The standard InChI is InChI=1S/C20H14O4.4Na.2H3O4P.4H/c21-15-9-5-13(6-10-15)20(14-7-11-16(22)12-8-14)18-4-2-1-3-17(18)19(23)24-20;;;;;2*1-5(2,3)4;;;;/h1-12,21-22H;;;;;2*(H3,1,2,3,4);;;;/q;4*+1;;;4*-1. The van der Waals surface area contributed by atoms with Crippen LogP contribution in [0.25, 0.3) is 0 Å². The molecular formula is C20H24Na4O12P2. The molecule has 1 heterocycles. The largest absolute Gasteiger partial charge is 1.00 e. The van der Waals surface area contributed by atoms with Crippen molar-refractivity contribution in [2.24, 2.45) is 0 Å². The summed E-state index contributed by atoms with van der Waals surface area (Å²) in [5.41, 5.74) is 1.60. The van der Waals surface area contributed by atoms with Crippen LogP contribution in [0.2, 0.25) is 0 Å². The predicted molar refractivity (Wildman–Crippen MR) is 121 cm³/mol. The molecule has 38 heavy (non-hydrogen) atoms. The van der Waals surface area contributed by atoms with E-state index in [2.05, 4.69) is 0 Å². The van der Waals surface area contributed by atoms with Gasteiger partial charge in [0.2, 0.25) is 0 Å². The third kappa shape index (κ3) is 13.7. The molecule has 0 unspecified atom stereocenters. The van der Waals surface area contributed by atoms with Gasteiger partial charge in [-0.15, -0.1) is 0 Å². The van der Waals surface area contributed by atoms with Crippen molar-refractivity contribution in [1.82, 2.24) is 0 Å². The first-order valence-corrected chi connectivity index (χ1v) is 12.2. The molecule has 0 amide bonds. The van der Waals surface area contributed by atoms with Gasteiger partial charge in [0, 0.05) is 16.7 Å². The zero-order chi connectivity index (χ0) is 25.7. The number of ether oxygens (including phenoxy) is 1. The number of hydrogen-bond donors (Lipinski definition) is 8. The van der Waals surface area contributed by atoms with Crippen LogP contribution < -0.4 is 118 Å². The number of esters is 1. The summed E-state index contributed by atoms with van der Waals surface area (Å²) in [6.45, 7) is 0. The topological polar surface area (TPSA) is 222 Å². The van der Waals surface area contributed by atoms with Crippen molar-refractivity contribution in [2.45, 2.75) is 5.60 Å². The number of carbonyl (C=O) groups excluding carboxylic acids is 1. The maximum Gasteiger partial charge on any atom is 1.00 e. The van der Waals surface area contributed by atoms with Gasteiger partial charge in [-0.25, -0.2) is 13.9 Å². The van der Waals surface area contributed by atoms with Crippen molar-refractivity contribution in [3.05, 3.63) is 95.1 Å². The Morgan fingerprint density at radius 2 is 0.921 bits per heavy atom. The molecule has 0 bridgehead atoms. The van der Waals surface area contributed by atoms with Crippen molar-refractivity contribution in [2.75, 3.05) is 0 Å². The molecule has 1 aliphatic rings. The zero-order valence-corrected chi connectivity index (χ0v) is 30.8. The van der Waals surface area contributed by atoms with Crippen molar-refractivity contribution in [1.29, 1.82) is 0 Å². The maximum atomic E-state index is 12.4. The van der Waals surface area contributed by atoms with Gasteiger partial charge in [0.05, 0.1) is 5.56 Å². The van der Waals surface area contributed by atoms with E-state index in [9.17, 15) is 15.0 Å². The molecular weight excluding hydrogens is 586 g/mol. The zero-order valence-electron chi connectivity index (χ0n) is 25.0. The van der Waals surface area contributed by atoms with E-state index in [1.165, 1.54) is 0 Å². The number of cyclic esters (lactones) is 1. The number of phenolic OH excluding ortho intramolecular Hbond substituents is 2. The fourth-order valence-electron chi connectivity index (χ4n) is 3.20. The number of benzene rings is 3. The second-order valence-electron chi connectivity index (χ2n) is 6.74. The van der Waals surface area contributed by atoms with Gasteiger partial charge in [-0.3, -0.25) is 0 Å². The quantitative estimate of drug-likeness (QED) is 0.0770. The third-order valence-electron chi connectivity index (χ3n) is 4.32. The molecule has 1 aliphatic heterocycles. The van der Waals surface area contributed by atoms with E-state index in [1.807, 2.05) is 12.1 Å². The monoisotopic (exact) mass is 610 g/mol. The molecule has 12 nitrogen and oxygen atoms in total. The van der Waals surface area contributed by atoms with Gasteiger partial charge in [0.25, 0.3) is 0 Å². The number of carbonyl (C=O) groups is 1. The molecule has 0 saturated carbocycles. The first-order valence-electron chi connectivity index (χ1n) is 9.09. The van der Waals surface area contributed by atoms with Crippen LogP contribution in [0.15, 0.2) is 72.8 Å². The van der Waals surface area contributed by atoms with E-state index in [0.29, 0.717) is 5.56 Å². The van der Waals surface area contributed by atoms with E-state index in [1.54, 1.807) is 60.7 Å². The molecule has 0 fully saturated rings. The van der Waals surface area contributed by atoms with Gasteiger partial charge in [-0.2, -0.15) is 0 Å². The second-order valence-corrected chi connectivity index (χ2v) is 8.79. The Balaban J connectivity index is -0.000000120. The third-order valence-corrected chi connectivity index (χ3v) is 4.32. The first-order chi connectivity index (χ1) is 15.6. The van der Waals surface area contributed by atoms with Crippen molar-refractivity contribution in [3.8, 4) is 11.5 Å². The molecule has 0 spiro atoms. The summed E-state index contributed by atoms with van der Waals surface area (Å²) in [6.07, 6.45) is 0. The molecule has 3 aromatic rings. The van der Waals surface area contributed by atoms with Crippen LogP contribution in [-0.2, 0) is 19.5 Å². The van der Waals surface area contributed by atoms with Crippen LogP contribution in [0.3, 0.4) is 0 Å². The Kier molecular flexibility index (Phi) is 21.1. The Morgan fingerprint density at radius 3 is 1.26 bits per heavy atom. The molecule has 0 aliphatic carbocycles. The normalized spacial score (nSPS) is 12.5. The van der Waals surface area contributed by atoms with Crippen molar-refractivity contribution >= 4 is 21.6 Å². The van der Waals surface area contributed by atoms with E-state index in [4.69, 9.17) is 43.2 Å². The summed E-state index contributed by atoms with van der Waals surface area (Å²) in [7, 11) is -9.28. The number of aromatic hydroxyl groups is 2. The first kappa shape index (κ1) is 43.4. The van der Waals surface area contributed by atoms with E-state index >= 15 is 0 Å². The van der Waals surface area contributed by atoms with E-state index in [0.717, 1.165) is 16.7 Å². The minimum absolute atomic E-state index is 0. The Bertz CT molecular complexity index is 1180. The van der Waals surface area contributed by atoms with Gasteiger partial charge < -0.3 is 50.0 Å². The van der Waals surface area contributed by atoms with Gasteiger partial charge in [0.1, 0.15) is 11.5 Å². The Labute approximate surface area is 312 Å². The van der Waals surface area contributed by atoms with E-state index < -0.39 is 27.2 Å². The summed E-state index contributed by atoms with van der Waals surface area (Å²) in [4.78, 5) is 55.6. The molecule has 18 heteroatoms. The minimum Gasteiger partial charge on any atom is -1.00 e. The summed E-state index contributed by atoms with van der Waals surface area (Å²) < 4.78 is 23.6. The van der Waals surface area contributed by atoms with Gasteiger partial charge in [0.15, 0.2) is 5.60 Å². The summed E-state index contributed by atoms with van der Waals surface area (Å²) >= 11 is 0. The van der Waals surface area contributed by atoms with Crippen LogP contribution >= 0.6 is 15.6 Å². The average Bonchev–Trinajstić information content (AvgIpc) is 3.00. The molecule has 0 saturated heterocycles. The van der Waals surface area contributed by atoms with Crippen LogP contribution in [0.4, 0.5) is 0 Å². The van der Waals surface area contributed by atoms with Gasteiger partial charge in [-0.1, -0.05) is 42.5 Å². The minimum atomic E-state index is -4.64. The fraction of sp³-hybridized carbons (Fsp3) is 0.0500. The van der Waals surface area contributed by atoms with Crippen LogP contribution in [0, 0.1) is 0 Å². The number of fused-ring (bicyclic) bond motifs is 1. The number of phosphoric acid groups is 2. The van der Waals surface area contributed by atoms with Crippen LogP contribution in [0.5, 0.6) is 11.5 Å². The van der Waals surface area contributed by atoms with Gasteiger partial charge in [-0.05, 0) is 30.3 Å². The molecule has 0 radical (unpaired) electrons. The number of rotatable bonds is 2. The Hall–Kier alpha value is 0.950. The smallest absolute Gasteiger partial charge is 1.00 e. The van der Waals surface area contributed by atoms with Gasteiger partial charge >= 0.3 is 140 Å².